The Balaban J connectivity index is 1.75. The molecular formula is C24H24N4O2. The second kappa shape index (κ2) is 8.06. The van der Waals surface area contributed by atoms with Gasteiger partial charge >= 0.3 is 0 Å². The molecule has 0 saturated heterocycles. The van der Waals surface area contributed by atoms with Crippen molar-refractivity contribution in [1.29, 1.82) is 0 Å². The number of hydrogen-bond donors (Lipinski definition) is 0. The highest BCUT2D eigenvalue weighted by molar-refractivity contribution is 5.72. The Kier molecular flexibility index (Phi) is 5.31. The molecule has 0 atom stereocenters. The van der Waals surface area contributed by atoms with Crippen molar-refractivity contribution in [3.05, 3.63) is 64.7 Å². The fourth-order valence-corrected chi connectivity index (χ4v) is 3.91. The van der Waals surface area contributed by atoms with Crippen LogP contribution in [0.4, 0.5) is 0 Å². The fourth-order valence-electron chi connectivity index (χ4n) is 3.91. The van der Waals surface area contributed by atoms with Crippen LogP contribution in [-0.4, -0.2) is 26.2 Å². The maximum Gasteiger partial charge on any atom is 0.279 e. The molecule has 0 aliphatic carbocycles. The minimum atomic E-state index is 0.402. The van der Waals surface area contributed by atoms with Crippen LogP contribution in [0.5, 0.6) is 0 Å². The molecule has 0 bridgehead atoms. The average molecular weight is 400 g/mol. The molecule has 2 aromatic heterocycles. The molecule has 0 unspecified atom stereocenters. The SMILES string of the molecule is CCn1nc(-c2nc(-c3cc(C)c(CC=O)c(C)c3)no2)c(C)c1-c1ccccc1. The molecule has 4 rings (SSSR count). The van der Waals surface area contributed by atoms with Crippen LogP contribution in [0, 0.1) is 20.8 Å². The predicted octanol–water partition coefficient (Wildman–Crippen LogP) is 4.95. The van der Waals surface area contributed by atoms with Crippen LogP contribution in [0.25, 0.3) is 34.2 Å². The van der Waals surface area contributed by atoms with E-state index in [0.717, 1.165) is 51.9 Å². The maximum absolute atomic E-state index is 10.9. The van der Waals surface area contributed by atoms with E-state index in [4.69, 9.17) is 9.62 Å². The van der Waals surface area contributed by atoms with E-state index in [2.05, 4.69) is 29.2 Å². The van der Waals surface area contributed by atoms with E-state index in [-0.39, 0.29) is 0 Å². The maximum atomic E-state index is 10.9. The van der Waals surface area contributed by atoms with Gasteiger partial charge in [-0.15, -0.1) is 0 Å². The molecule has 6 nitrogen and oxygen atoms in total. The Morgan fingerprint density at radius 2 is 1.73 bits per heavy atom. The van der Waals surface area contributed by atoms with Crippen LogP contribution < -0.4 is 0 Å². The summed E-state index contributed by atoms with van der Waals surface area (Å²) in [4.78, 5) is 15.6. The average Bonchev–Trinajstić information content (AvgIpc) is 3.35. The molecule has 2 aromatic carbocycles. The zero-order valence-electron chi connectivity index (χ0n) is 17.6. The van der Waals surface area contributed by atoms with Gasteiger partial charge < -0.3 is 9.32 Å². The fraction of sp³-hybridized carbons (Fsp3) is 0.250. The highest BCUT2D eigenvalue weighted by Gasteiger charge is 2.22. The summed E-state index contributed by atoms with van der Waals surface area (Å²) in [6.45, 7) is 8.82. The monoisotopic (exact) mass is 400 g/mol. The van der Waals surface area contributed by atoms with Gasteiger partial charge in [-0.3, -0.25) is 4.68 Å². The van der Waals surface area contributed by atoms with Crippen molar-refractivity contribution in [3.8, 4) is 34.2 Å². The Labute approximate surface area is 175 Å². The van der Waals surface area contributed by atoms with Crippen LogP contribution in [0.3, 0.4) is 0 Å². The lowest BCUT2D eigenvalue weighted by molar-refractivity contribution is -0.107. The largest absolute Gasteiger partial charge is 0.332 e. The Bertz CT molecular complexity index is 1180. The predicted molar refractivity (Wildman–Crippen MR) is 116 cm³/mol. The summed E-state index contributed by atoms with van der Waals surface area (Å²) in [5.74, 6) is 0.916. The van der Waals surface area contributed by atoms with Gasteiger partial charge in [0.2, 0.25) is 5.82 Å². The lowest BCUT2D eigenvalue weighted by atomic mass is 9.97. The first-order valence-electron chi connectivity index (χ1n) is 10.0. The smallest absolute Gasteiger partial charge is 0.279 e. The summed E-state index contributed by atoms with van der Waals surface area (Å²) in [7, 11) is 0. The van der Waals surface area contributed by atoms with Crippen molar-refractivity contribution >= 4 is 6.29 Å². The number of nitrogens with zero attached hydrogens (tertiary/aromatic N) is 4. The molecule has 2 heterocycles. The molecular weight excluding hydrogens is 376 g/mol. The van der Waals surface area contributed by atoms with Gasteiger partial charge in [-0.25, -0.2) is 0 Å². The highest BCUT2D eigenvalue weighted by atomic mass is 16.5. The number of aldehydes is 1. The summed E-state index contributed by atoms with van der Waals surface area (Å²) in [6.07, 6.45) is 1.34. The van der Waals surface area contributed by atoms with Crippen LogP contribution in [0.1, 0.15) is 29.2 Å². The summed E-state index contributed by atoms with van der Waals surface area (Å²) in [5.41, 5.74) is 7.85. The van der Waals surface area contributed by atoms with Crippen molar-refractivity contribution in [2.75, 3.05) is 0 Å². The van der Waals surface area contributed by atoms with Gasteiger partial charge in [0.05, 0.1) is 5.69 Å². The van der Waals surface area contributed by atoms with E-state index >= 15 is 0 Å². The molecule has 0 aliphatic heterocycles. The number of aryl methyl sites for hydroxylation is 3. The van der Waals surface area contributed by atoms with Gasteiger partial charge in [-0.05, 0) is 56.5 Å². The van der Waals surface area contributed by atoms with E-state index in [9.17, 15) is 4.79 Å². The second-order valence-electron chi connectivity index (χ2n) is 7.39. The molecule has 30 heavy (non-hydrogen) atoms. The number of rotatable bonds is 6. The molecule has 6 heteroatoms. The minimum Gasteiger partial charge on any atom is -0.332 e. The number of carbonyl (C=O) groups is 1. The molecule has 0 spiro atoms. The molecule has 0 aliphatic rings. The van der Waals surface area contributed by atoms with E-state index in [0.29, 0.717) is 23.8 Å². The zero-order valence-corrected chi connectivity index (χ0v) is 17.6. The topological polar surface area (TPSA) is 73.8 Å². The molecule has 0 fully saturated rings. The van der Waals surface area contributed by atoms with E-state index in [1.54, 1.807) is 0 Å². The lowest BCUT2D eigenvalue weighted by Gasteiger charge is -2.08. The van der Waals surface area contributed by atoms with Crippen LogP contribution in [-0.2, 0) is 17.8 Å². The van der Waals surface area contributed by atoms with Crippen molar-refractivity contribution < 1.29 is 9.32 Å². The number of benzene rings is 2. The normalized spacial score (nSPS) is 11.1. The van der Waals surface area contributed by atoms with Gasteiger partial charge in [-0.2, -0.15) is 10.1 Å². The third kappa shape index (κ3) is 3.45. The van der Waals surface area contributed by atoms with Crippen LogP contribution >= 0.6 is 0 Å². The third-order valence-corrected chi connectivity index (χ3v) is 5.41. The van der Waals surface area contributed by atoms with Crippen LogP contribution in [0.2, 0.25) is 0 Å². The van der Waals surface area contributed by atoms with Gasteiger partial charge in [0, 0.05) is 29.7 Å². The number of aromatic nitrogens is 4. The first-order chi connectivity index (χ1) is 14.5. The Morgan fingerprint density at radius 1 is 1.03 bits per heavy atom. The molecule has 0 radical (unpaired) electrons. The standard InChI is InChI=1S/C24H24N4O2/c1-5-28-22(18-9-7-6-8-10-18)17(4)21(26-28)24-25-23(27-30-24)19-13-15(2)20(11-12-29)16(3)14-19/h6-10,12-14H,5,11H2,1-4H3. The summed E-state index contributed by atoms with van der Waals surface area (Å²) < 4.78 is 7.56. The first-order valence-corrected chi connectivity index (χ1v) is 10.0. The highest BCUT2D eigenvalue weighted by Crippen LogP contribution is 2.32. The Hall–Kier alpha value is -3.54. The van der Waals surface area contributed by atoms with Gasteiger partial charge in [-0.1, -0.05) is 35.5 Å². The van der Waals surface area contributed by atoms with E-state index in [1.807, 2.05) is 55.8 Å². The van der Waals surface area contributed by atoms with Crippen LogP contribution in [0.15, 0.2) is 47.0 Å². The van der Waals surface area contributed by atoms with E-state index < -0.39 is 0 Å². The van der Waals surface area contributed by atoms with E-state index in [1.165, 1.54) is 0 Å². The first kappa shape index (κ1) is 19.8. The minimum absolute atomic E-state index is 0.402. The molecule has 152 valence electrons. The quantitative estimate of drug-likeness (QED) is 0.428. The van der Waals surface area contributed by atoms with Crippen molar-refractivity contribution in [3.63, 3.8) is 0 Å². The number of hydrogen-bond acceptors (Lipinski definition) is 5. The van der Waals surface area contributed by atoms with Crippen molar-refractivity contribution in [2.45, 2.75) is 40.7 Å². The van der Waals surface area contributed by atoms with Gasteiger partial charge in [0.25, 0.3) is 5.89 Å². The van der Waals surface area contributed by atoms with Crippen molar-refractivity contribution in [2.24, 2.45) is 0 Å². The summed E-state index contributed by atoms with van der Waals surface area (Å²) in [5, 5.41) is 8.93. The molecule has 0 saturated carbocycles. The van der Waals surface area contributed by atoms with Crippen molar-refractivity contribution in [1.82, 2.24) is 19.9 Å². The summed E-state index contributed by atoms with van der Waals surface area (Å²) >= 11 is 0. The Morgan fingerprint density at radius 3 is 2.37 bits per heavy atom. The van der Waals surface area contributed by atoms with Gasteiger partial charge in [0.1, 0.15) is 6.29 Å². The second-order valence-corrected chi connectivity index (χ2v) is 7.39. The molecule has 0 amide bonds. The molecule has 4 aromatic rings. The third-order valence-electron chi connectivity index (χ3n) is 5.41. The molecule has 0 N–H and O–H groups in total. The summed E-state index contributed by atoms with van der Waals surface area (Å²) in [6, 6.07) is 14.2. The van der Waals surface area contributed by atoms with Gasteiger partial charge in [0.15, 0.2) is 5.69 Å². The lowest BCUT2D eigenvalue weighted by Crippen LogP contribution is -1.99. The zero-order chi connectivity index (χ0) is 21.3. The number of carbonyl (C=O) groups excluding carboxylic acids is 1.